The molecule has 0 bridgehead atoms. The van der Waals surface area contributed by atoms with Crippen LogP contribution in [0.1, 0.15) is 16.7 Å². The van der Waals surface area contributed by atoms with Crippen LogP contribution in [0, 0.1) is 18.3 Å². The van der Waals surface area contributed by atoms with Crippen molar-refractivity contribution in [3.63, 3.8) is 0 Å². The molecule has 2 rings (SSSR count). The highest BCUT2D eigenvalue weighted by Gasteiger charge is 2.10. The molecule has 0 fully saturated rings. The lowest BCUT2D eigenvalue weighted by Gasteiger charge is -2.22. The molecule has 0 saturated heterocycles. The van der Waals surface area contributed by atoms with Gasteiger partial charge in [0.15, 0.2) is 0 Å². The molecular formula is C16H15BrN2. The number of hydrogen-bond donors (Lipinski definition) is 0. The molecule has 19 heavy (non-hydrogen) atoms. The van der Waals surface area contributed by atoms with Crippen LogP contribution in [0.3, 0.4) is 0 Å². The molecule has 3 heteroatoms. The lowest BCUT2D eigenvalue weighted by molar-refractivity contribution is 0.914. The number of anilines is 1. The molecule has 0 aliphatic heterocycles. The predicted octanol–water partition coefficient (Wildman–Crippen LogP) is 4.27. The summed E-state index contributed by atoms with van der Waals surface area (Å²) in [4.78, 5) is 2.12. The number of halogens is 1. The number of para-hydroxylation sites is 1. The summed E-state index contributed by atoms with van der Waals surface area (Å²) in [6.45, 7) is 2.82. The fraction of sp³-hybridized carbons (Fsp3) is 0.188. The molecule has 0 heterocycles. The van der Waals surface area contributed by atoms with Crippen LogP contribution >= 0.6 is 15.9 Å². The van der Waals surface area contributed by atoms with E-state index in [1.54, 1.807) is 0 Å². The van der Waals surface area contributed by atoms with Crippen LogP contribution in [0.2, 0.25) is 0 Å². The summed E-state index contributed by atoms with van der Waals surface area (Å²) in [7, 11) is 2.02. The third-order valence-corrected chi connectivity index (χ3v) is 3.60. The average molecular weight is 315 g/mol. The van der Waals surface area contributed by atoms with E-state index in [4.69, 9.17) is 0 Å². The van der Waals surface area contributed by atoms with Crippen LogP contribution in [-0.4, -0.2) is 7.05 Å². The maximum absolute atomic E-state index is 9.21. The highest BCUT2D eigenvalue weighted by Crippen LogP contribution is 2.25. The van der Waals surface area contributed by atoms with E-state index in [-0.39, 0.29) is 0 Å². The van der Waals surface area contributed by atoms with E-state index < -0.39 is 0 Å². The Morgan fingerprint density at radius 2 is 1.84 bits per heavy atom. The van der Waals surface area contributed by atoms with E-state index in [0.29, 0.717) is 0 Å². The summed E-state index contributed by atoms with van der Waals surface area (Å²) >= 11 is 3.43. The Morgan fingerprint density at radius 1 is 1.16 bits per heavy atom. The second-order valence-corrected chi connectivity index (χ2v) is 5.48. The molecule has 0 aliphatic carbocycles. The van der Waals surface area contributed by atoms with E-state index in [2.05, 4.69) is 39.0 Å². The topological polar surface area (TPSA) is 27.0 Å². The fourth-order valence-corrected chi connectivity index (χ4v) is 2.46. The average Bonchev–Trinajstić information content (AvgIpc) is 2.40. The second-order valence-electron chi connectivity index (χ2n) is 4.57. The van der Waals surface area contributed by atoms with Crippen LogP contribution in [0.25, 0.3) is 0 Å². The minimum absolute atomic E-state index is 0.722. The molecule has 0 aliphatic rings. The number of aryl methyl sites for hydroxylation is 1. The molecule has 0 saturated carbocycles. The minimum atomic E-state index is 0.722. The molecule has 2 aromatic carbocycles. The zero-order chi connectivity index (χ0) is 13.8. The Labute approximate surface area is 122 Å². The van der Waals surface area contributed by atoms with Crippen molar-refractivity contribution in [2.24, 2.45) is 0 Å². The first-order chi connectivity index (χ1) is 9.11. The van der Waals surface area contributed by atoms with Gasteiger partial charge in [0.2, 0.25) is 0 Å². The molecule has 0 aromatic heterocycles. The maximum atomic E-state index is 9.21. The van der Waals surface area contributed by atoms with Gasteiger partial charge in [-0.3, -0.25) is 0 Å². The van der Waals surface area contributed by atoms with Crippen molar-refractivity contribution in [3.05, 3.63) is 63.6 Å². The van der Waals surface area contributed by atoms with Gasteiger partial charge in [0.05, 0.1) is 11.3 Å². The summed E-state index contributed by atoms with van der Waals surface area (Å²) in [5, 5.41) is 9.21. The maximum Gasteiger partial charge on any atom is 0.101 e. The lowest BCUT2D eigenvalue weighted by Crippen LogP contribution is -2.18. The fourth-order valence-electron chi connectivity index (χ4n) is 2.20. The lowest BCUT2D eigenvalue weighted by atomic mass is 10.1. The molecule has 0 spiro atoms. The third kappa shape index (κ3) is 3.15. The van der Waals surface area contributed by atoms with Crippen LogP contribution in [0.15, 0.2) is 46.9 Å². The Morgan fingerprint density at radius 3 is 2.47 bits per heavy atom. The Bertz CT molecular complexity index is 612. The number of hydrogen-bond acceptors (Lipinski definition) is 2. The smallest absolute Gasteiger partial charge is 0.101 e. The Balaban J connectivity index is 2.28. The minimum Gasteiger partial charge on any atom is -0.369 e. The predicted molar refractivity (Wildman–Crippen MR) is 82.1 cm³/mol. The van der Waals surface area contributed by atoms with Crippen molar-refractivity contribution >= 4 is 21.6 Å². The number of nitrogens with zero attached hydrogens (tertiary/aromatic N) is 2. The van der Waals surface area contributed by atoms with Gasteiger partial charge in [0.1, 0.15) is 6.07 Å². The van der Waals surface area contributed by atoms with Crippen molar-refractivity contribution in [1.29, 1.82) is 5.26 Å². The van der Waals surface area contributed by atoms with Crippen molar-refractivity contribution in [1.82, 2.24) is 0 Å². The zero-order valence-corrected chi connectivity index (χ0v) is 12.6. The van der Waals surface area contributed by atoms with Crippen molar-refractivity contribution in [3.8, 4) is 6.07 Å². The summed E-state index contributed by atoms with van der Waals surface area (Å²) < 4.78 is 1.08. The number of benzene rings is 2. The van der Waals surface area contributed by atoms with Gasteiger partial charge in [-0.1, -0.05) is 40.2 Å². The normalized spacial score (nSPS) is 10.0. The van der Waals surface area contributed by atoms with Crippen LogP contribution in [0.4, 0.5) is 5.69 Å². The molecule has 0 unspecified atom stereocenters. The molecule has 0 amide bonds. The van der Waals surface area contributed by atoms with Crippen molar-refractivity contribution in [2.75, 3.05) is 11.9 Å². The van der Waals surface area contributed by atoms with Crippen LogP contribution in [-0.2, 0) is 6.54 Å². The van der Waals surface area contributed by atoms with Gasteiger partial charge in [-0.05, 0) is 36.2 Å². The van der Waals surface area contributed by atoms with Gasteiger partial charge >= 0.3 is 0 Å². The summed E-state index contributed by atoms with van der Waals surface area (Å²) in [6, 6.07) is 16.3. The number of nitriles is 1. The first-order valence-electron chi connectivity index (χ1n) is 6.07. The first kappa shape index (κ1) is 13.6. The highest BCUT2D eigenvalue weighted by molar-refractivity contribution is 9.10. The van der Waals surface area contributed by atoms with Gasteiger partial charge in [-0.15, -0.1) is 0 Å². The quantitative estimate of drug-likeness (QED) is 0.846. The summed E-state index contributed by atoms with van der Waals surface area (Å²) in [5.41, 5.74) is 4.07. The van der Waals surface area contributed by atoms with Gasteiger partial charge in [0.25, 0.3) is 0 Å². The van der Waals surface area contributed by atoms with E-state index in [1.807, 2.05) is 44.3 Å². The largest absolute Gasteiger partial charge is 0.369 e. The highest BCUT2D eigenvalue weighted by atomic mass is 79.9. The molecule has 96 valence electrons. The van der Waals surface area contributed by atoms with Gasteiger partial charge < -0.3 is 4.90 Å². The Hall–Kier alpha value is -1.79. The third-order valence-electron chi connectivity index (χ3n) is 3.07. The van der Waals surface area contributed by atoms with Crippen molar-refractivity contribution in [2.45, 2.75) is 13.5 Å². The molecular weight excluding hydrogens is 300 g/mol. The molecule has 0 N–H and O–H groups in total. The second kappa shape index (κ2) is 5.90. The van der Waals surface area contributed by atoms with Crippen LogP contribution in [0.5, 0.6) is 0 Å². The van der Waals surface area contributed by atoms with E-state index in [1.165, 1.54) is 5.56 Å². The van der Waals surface area contributed by atoms with E-state index in [0.717, 1.165) is 27.8 Å². The Kier molecular flexibility index (Phi) is 4.24. The summed E-state index contributed by atoms with van der Waals surface area (Å²) in [5.74, 6) is 0. The van der Waals surface area contributed by atoms with Crippen LogP contribution < -0.4 is 4.90 Å². The van der Waals surface area contributed by atoms with Gasteiger partial charge in [0, 0.05) is 18.1 Å². The van der Waals surface area contributed by atoms with Gasteiger partial charge in [-0.25, -0.2) is 0 Å². The van der Waals surface area contributed by atoms with E-state index in [9.17, 15) is 5.26 Å². The molecule has 2 aromatic rings. The molecule has 0 atom stereocenters. The number of rotatable bonds is 3. The first-order valence-corrected chi connectivity index (χ1v) is 6.86. The van der Waals surface area contributed by atoms with Gasteiger partial charge in [-0.2, -0.15) is 5.26 Å². The molecule has 2 nitrogen and oxygen atoms in total. The summed E-state index contributed by atoms with van der Waals surface area (Å²) in [6.07, 6.45) is 0. The molecule has 0 radical (unpaired) electrons. The monoisotopic (exact) mass is 314 g/mol. The van der Waals surface area contributed by atoms with E-state index >= 15 is 0 Å². The standard InChI is InChI=1S/C16H15BrN2/c1-12-4-3-5-14(10-18)16(12)19(2)11-13-6-8-15(17)9-7-13/h3-9H,11H2,1-2H3. The zero-order valence-electron chi connectivity index (χ0n) is 11.0. The van der Waals surface area contributed by atoms with Crippen molar-refractivity contribution < 1.29 is 0 Å². The SMILES string of the molecule is Cc1cccc(C#N)c1N(C)Cc1ccc(Br)cc1.